The Morgan fingerprint density at radius 1 is 0.680 bits per heavy atom. The van der Waals surface area contributed by atoms with Gasteiger partial charge < -0.3 is 26.2 Å². The first-order valence-corrected chi connectivity index (χ1v) is 21.3. The lowest BCUT2D eigenvalue weighted by molar-refractivity contribution is -0.124. The lowest BCUT2D eigenvalue weighted by Gasteiger charge is -2.24. The van der Waals surface area contributed by atoms with E-state index in [9.17, 15) is 24.5 Å². The number of nitrogens with one attached hydrogen (secondary N) is 1. The molecule has 0 aromatic heterocycles. The van der Waals surface area contributed by atoms with Gasteiger partial charge in [0.1, 0.15) is 0 Å². The zero-order valence-corrected chi connectivity index (χ0v) is 32.6. The first-order chi connectivity index (χ1) is 24.3. The molecular weight excluding hydrogens is 651 g/mol. The van der Waals surface area contributed by atoms with E-state index in [1.807, 2.05) is 6.08 Å². The zero-order valence-electron chi connectivity index (χ0n) is 31.7. The Morgan fingerprint density at radius 2 is 1.16 bits per heavy atom. The molecule has 10 heteroatoms. The van der Waals surface area contributed by atoms with Crippen molar-refractivity contribution in [3.8, 4) is 0 Å². The Bertz CT molecular complexity index is 941. The van der Waals surface area contributed by atoms with Crippen molar-refractivity contribution < 1.29 is 33.5 Å². The van der Waals surface area contributed by atoms with E-state index >= 15 is 0 Å². The molecule has 0 saturated heterocycles. The number of carbonyl (C=O) groups is 1. The van der Waals surface area contributed by atoms with E-state index < -0.39 is 38.6 Å². The van der Waals surface area contributed by atoms with Crippen LogP contribution in [0, 0.1) is 0 Å². The van der Waals surface area contributed by atoms with Crippen LogP contribution in [-0.2, 0) is 18.4 Å². The SMILES string of the molecule is CCCC/C=C/CC/C=C/CC/C=C/C(O)C(COP(=O)(O)OCCN)NC(=O)CC(O)CCCCC/C=C\CCCCCCCCCCC. The van der Waals surface area contributed by atoms with Crippen LogP contribution in [0.5, 0.6) is 0 Å². The van der Waals surface area contributed by atoms with Crippen molar-refractivity contribution in [3.63, 3.8) is 0 Å². The molecule has 0 radical (unpaired) electrons. The lowest BCUT2D eigenvalue weighted by atomic mass is 10.0. The fraction of sp³-hybridized carbons (Fsp3) is 0.775. The topological polar surface area (TPSA) is 151 Å². The molecule has 6 N–H and O–H groups in total. The van der Waals surface area contributed by atoms with Crippen molar-refractivity contribution in [3.05, 3.63) is 48.6 Å². The molecule has 0 bridgehead atoms. The van der Waals surface area contributed by atoms with Crippen LogP contribution in [0.2, 0.25) is 0 Å². The highest BCUT2D eigenvalue weighted by Crippen LogP contribution is 2.43. The van der Waals surface area contributed by atoms with Crippen LogP contribution >= 0.6 is 7.82 Å². The van der Waals surface area contributed by atoms with Gasteiger partial charge in [0, 0.05) is 6.54 Å². The minimum atomic E-state index is -4.41. The van der Waals surface area contributed by atoms with Crippen molar-refractivity contribution in [2.75, 3.05) is 19.8 Å². The molecule has 0 aromatic carbocycles. The molecule has 4 atom stereocenters. The number of phosphoric ester groups is 1. The highest BCUT2D eigenvalue weighted by molar-refractivity contribution is 7.47. The smallest absolute Gasteiger partial charge is 0.393 e. The summed E-state index contributed by atoms with van der Waals surface area (Å²) in [5, 5.41) is 23.9. The van der Waals surface area contributed by atoms with E-state index in [0.717, 1.165) is 57.8 Å². The number of carbonyl (C=O) groups excluding carboxylic acids is 1. The Labute approximate surface area is 305 Å². The van der Waals surface area contributed by atoms with Gasteiger partial charge in [0.15, 0.2) is 0 Å². The molecule has 9 nitrogen and oxygen atoms in total. The molecule has 0 rings (SSSR count). The van der Waals surface area contributed by atoms with Crippen molar-refractivity contribution in [2.24, 2.45) is 5.73 Å². The molecule has 0 aliphatic rings. The molecule has 4 unspecified atom stereocenters. The predicted octanol–water partition coefficient (Wildman–Crippen LogP) is 9.52. The normalized spacial score (nSPS) is 15.4. The summed E-state index contributed by atoms with van der Waals surface area (Å²) in [5.74, 6) is -0.472. The maximum atomic E-state index is 12.7. The minimum Gasteiger partial charge on any atom is -0.393 e. The molecule has 0 aliphatic carbocycles. The van der Waals surface area contributed by atoms with Crippen molar-refractivity contribution >= 4 is 13.7 Å². The molecule has 0 aromatic rings. The molecule has 0 aliphatic heterocycles. The van der Waals surface area contributed by atoms with Crippen LogP contribution in [0.3, 0.4) is 0 Å². The number of phosphoric acid groups is 1. The molecule has 0 spiro atoms. The number of amides is 1. The Morgan fingerprint density at radius 3 is 1.72 bits per heavy atom. The van der Waals surface area contributed by atoms with Gasteiger partial charge >= 0.3 is 7.82 Å². The highest BCUT2D eigenvalue weighted by atomic mass is 31.2. The summed E-state index contributed by atoms with van der Waals surface area (Å²) in [6.07, 6.45) is 39.2. The first kappa shape index (κ1) is 48.4. The third-order valence-corrected chi connectivity index (χ3v) is 9.39. The Balaban J connectivity index is 4.45. The molecule has 292 valence electrons. The molecular formula is C40H75N2O7P. The zero-order chi connectivity index (χ0) is 37.0. The van der Waals surface area contributed by atoms with Gasteiger partial charge in [-0.3, -0.25) is 13.8 Å². The van der Waals surface area contributed by atoms with Gasteiger partial charge in [-0.25, -0.2) is 4.57 Å². The number of nitrogens with two attached hydrogens (primary N) is 1. The largest absolute Gasteiger partial charge is 0.472 e. The maximum Gasteiger partial charge on any atom is 0.472 e. The quantitative estimate of drug-likeness (QED) is 0.0243. The number of hydrogen-bond acceptors (Lipinski definition) is 7. The van der Waals surface area contributed by atoms with Crippen LogP contribution < -0.4 is 11.1 Å². The second-order valence-electron chi connectivity index (χ2n) is 13.3. The van der Waals surface area contributed by atoms with Crippen LogP contribution in [0.25, 0.3) is 0 Å². The Hall–Kier alpha value is -1.58. The van der Waals surface area contributed by atoms with Crippen LogP contribution in [-0.4, -0.2) is 59.0 Å². The predicted molar refractivity (Wildman–Crippen MR) is 209 cm³/mol. The van der Waals surface area contributed by atoms with Crippen molar-refractivity contribution in [1.29, 1.82) is 0 Å². The third kappa shape index (κ3) is 33.6. The average molecular weight is 727 g/mol. The summed E-state index contributed by atoms with van der Waals surface area (Å²) < 4.78 is 22.0. The third-order valence-electron chi connectivity index (χ3n) is 8.41. The molecule has 0 fully saturated rings. The fourth-order valence-corrected chi connectivity index (χ4v) is 6.12. The summed E-state index contributed by atoms with van der Waals surface area (Å²) in [4.78, 5) is 22.6. The number of hydrogen-bond donors (Lipinski definition) is 5. The summed E-state index contributed by atoms with van der Waals surface area (Å²) in [5.41, 5.74) is 5.34. The molecule has 50 heavy (non-hydrogen) atoms. The van der Waals surface area contributed by atoms with Crippen LogP contribution in [0.1, 0.15) is 162 Å². The van der Waals surface area contributed by atoms with Gasteiger partial charge in [0.2, 0.25) is 5.91 Å². The number of aliphatic hydroxyl groups excluding tert-OH is 2. The van der Waals surface area contributed by atoms with E-state index in [1.54, 1.807) is 6.08 Å². The minimum absolute atomic E-state index is 0.0392. The van der Waals surface area contributed by atoms with Gasteiger partial charge in [-0.05, 0) is 64.2 Å². The summed E-state index contributed by atoms with van der Waals surface area (Å²) >= 11 is 0. The fourth-order valence-electron chi connectivity index (χ4n) is 5.36. The first-order valence-electron chi connectivity index (χ1n) is 19.8. The van der Waals surface area contributed by atoms with Crippen molar-refractivity contribution in [1.82, 2.24) is 5.32 Å². The standard InChI is InChI=1S/C40H75N2O7P/c1-3-5-7-9-11-13-15-17-18-19-20-21-23-25-27-29-31-37(43)35-40(45)42-38(36-49-50(46,47)48-34-33-41)39(44)32-30-28-26-24-22-16-14-12-10-8-6-4-2/h10,12,20-22,24,30,32,37-39,43-44H,3-9,11,13-19,23,25-29,31,33-36,41H2,1-2H3,(H,42,45)(H,46,47)/b12-10+,21-20-,24-22+,32-30+. The lowest BCUT2D eigenvalue weighted by Crippen LogP contribution is -2.46. The van der Waals surface area contributed by atoms with Gasteiger partial charge in [0.05, 0.1) is 37.9 Å². The highest BCUT2D eigenvalue weighted by Gasteiger charge is 2.27. The number of allylic oxidation sites excluding steroid dienone is 7. The summed E-state index contributed by atoms with van der Waals surface area (Å²) in [7, 11) is -4.41. The van der Waals surface area contributed by atoms with Gasteiger partial charge in [-0.1, -0.05) is 140 Å². The van der Waals surface area contributed by atoms with E-state index in [-0.39, 0.29) is 19.6 Å². The van der Waals surface area contributed by atoms with E-state index in [2.05, 4.69) is 55.6 Å². The molecule has 0 heterocycles. The summed E-state index contributed by atoms with van der Waals surface area (Å²) in [6.45, 7) is 3.86. The van der Waals surface area contributed by atoms with E-state index in [1.165, 1.54) is 70.6 Å². The molecule has 0 saturated carbocycles. The maximum absolute atomic E-state index is 12.7. The second kappa shape index (κ2) is 35.8. The number of unbranched alkanes of at least 4 members (excludes halogenated alkanes) is 16. The number of rotatable bonds is 36. The van der Waals surface area contributed by atoms with Crippen LogP contribution in [0.15, 0.2) is 48.6 Å². The van der Waals surface area contributed by atoms with Crippen molar-refractivity contribution in [2.45, 2.75) is 180 Å². The van der Waals surface area contributed by atoms with Gasteiger partial charge in [0.25, 0.3) is 0 Å². The van der Waals surface area contributed by atoms with Gasteiger partial charge in [-0.2, -0.15) is 0 Å². The van der Waals surface area contributed by atoms with E-state index in [0.29, 0.717) is 12.8 Å². The van der Waals surface area contributed by atoms with E-state index in [4.69, 9.17) is 14.8 Å². The molecule has 1 amide bonds. The average Bonchev–Trinajstić information content (AvgIpc) is 3.09. The summed E-state index contributed by atoms with van der Waals surface area (Å²) in [6, 6.07) is -1.01. The van der Waals surface area contributed by atoms with Crippen LogP contribution in [0.4, 0.5) is 0 Å². The number of aliphatic hydroxyl groups is 2. The second-order valence-corrected chi connectivity index (χ2v) is 14.8. The van der Waals surface area contributed by atoms with Gasteiger partial charge in [-0.15, -0.1) is 0 Å². The Kier molecular flexibility index (Phi) is 34.7. The monoisotopic (exact) mass is 727 g/mol.